The summed E-state index contributed by atoms with van der Waals surface area (Å²) in [7, 11) is 0. The molecule has 0 bridgehead atoms. The first kappa shape index (κ1) is 11.8. The first-order valence-electron chi connectivity index (χ1n) is 5.73. The third-order valence-electron chi connectivity index (χ3n) is 3.00. The molecule has 0 aromatic carbocycles. The second-order valence-electron chi connectivity index (χ2n) is 4.24. The van der Waals surface area contributed by atoms with Gasteiger partial charge in [-0.2, -0.15) is 0 Å². The molecule has 0 radical (unpaired) electrons. The SMILES string of the molecule is NC(Cc1ccncc1Cl)C1CCCCO1. The van der Waals surface area contributed by atoms with Crippen molar-refractivity contribution < 1.29 is 4.74 Å². The summed E-state index contributed by atoms with van der Waals surface area (Å²) in [5.74, 6) is 0. The van der Waals surface area contributed by atoms with Crippen molar-refractivity contribution in [1.82, 2.24) is 4.98 Å². The molecule has 2 rings (SSSR count). The van der Waals surface area contributed by atoms with E-state index in [2.05, 4.69) is 4.98 Å². The smallest absolute Gasteiger partial charge is 0.0729 e. The van der Waals surface area contributed by atoms with Gasteiger partial charge in [-0.15, -0.1) is 0 Å². The van der Waals surface area contributed by atoms with Crippen molar-refractivity contribution in [3.8, 4) is 0 Å². The summed E-state index contributed by atoms with van der Waals surface area (Å²) >= 11 is 6.05. The van der Waals surface area contributed by atoms with Gasteiger partial charge in [-0.25, -0.2) is 0 Å². The number of hydrogen-bond acceptors (Lipinski definition) is 3. The molecule has 0 amide bonds. The lowest BCUT2D eigenvalue weighted by atomic mass is 9.97. The summed E-state index contributed by atoms with van der Waals surface area (Å²) in [6.07, 6.45) is 7.76. The highest BCUT2D eigenvalue weighted by atomic mass is 35.5. The van der Waals surface area contributed by atoms with Crippen LogP contribution in [0.25, 0.3) is 0 Å². The van der Waals surface area contributed by atoms with E-state index in [4.69, 9.17) is 22.1 Å². The van der Waals surface area contributed by atoms with Crippen LogP contribution in [0, 0.1) is 0 Å². The number of nitrogens with two attached hydrogens (primary N) is 1. The minimum absolute atomic E-state index is 0.0280. The molecule has 0 aliphatic carbocycles. The summed E-state index contributed by atoms with van der Waals surface area (Å²) in [5, 5.41) is 0.689. The predicted molar refractivity (Wildman–Crippen MR) is 64.5 cm³/mol. The molecule has 2 heterocycles. The Balaban J connectivity index is 1.96. The van der Waals surface area contributed by atoms with Crippen LogP contribution in [0.5, 0.6) is 0 Å². The standard InChI is InChI=1S/C12H17ClN2O/c13-10-8-15-5-4-9(10)7-11(14)12-3-1-2-6-16-12/h4-5,8,11-12H,1-3,6-7,14H2. The molecule has 2 N–H and O–H groups in total. The highest BCUT2D eigenvalue weighted by Gasteiger charge is 2.22. The predicted octanol–water partition coefficient (Wildman–Crippen LogP) is 2.17. The fraction of sp³-hybridized carbons (Fsp3) is 0.583. The fourth-order valence-electron chi connectivity index (χ4n) is 2.06. The van der Waals surface area contributed by atoms with Gasteiger partial charge >= 0.3 is 0 Å². The largest absolute Gasteiger partial charge is 0.377 e. The number of pyridine rings is 1. The van der Waals surface area contributed by atoms with Gasteiger partial charge in [-0.05, 0) is 37.3 Å². The minimum Gasteiger partial charge on any atom is -0.377 e. The zero-order valence-corrected chi connectivity index (χ0v) is 9.99. The number of nitrogens with zero attached hydrogens (tertiary/aromatic N) is 1. The van der Waals surface area contributed by atoms with Gasteiger partial charge < -0.3 is 10.5 Å². The van der Waals surface area contributed by atoms with Crippen molar-refractivity contribution in [2.24, 2.45) is 5.73 Å². The number of rotatable bonds is 3. The number of hydrogen-bond donors (Lipinski definition) is 1. The molecule has 1 aromatic rings. The molecule has 1 fully saturated rings. The van der Waals surface area contributed by atoms with E-state index in [1.807, 2.05) is 6.07 Å². The number of halogens is 1. The Kier molecular flexibility index (Phi) is 4.16. The lowest BCUT2D eigenvalue weighted by Gasteiger charge is -2.28. The molecular formula is C12H17ClN2O. The zero-order chi connectivity index (χ0) is 11.4. The lowest BCUT2D eigenvalue weighted by molar-refractivity contribution is 0.000637. The molecule has 1 aliphatic rings. The van der Waals surface area contributed by atoms with Crippen molar-refractivity contribution in [2.75, 3.05) is 6.61 Å². The third-order valence-corrected chi connectivity index (χ3v) is 3.34. The van der Waals surface area contributed by atoms with Crippen molar-refractivity contribution >= 4 is 11.6 Å². The molecule has 16 heavy (non-hydrogen) atoms. The maximum atomic E-state index is 6.15. The second kappa shape index (κ2) is 5.62. The highest BCUT2D eigenvalue weighted by Crippen LogP contribution is 2.20. The van der Waals surface area contributed by atoms with Gasteiger partial charge in [-0.3, -0.25) is 4.98 Å². The van der Waals surface area contributed by atoms with Crippen LogP contribution in [0.1, 0.15) is 24.8 Å². The molecule has 0 saturated carbocycles. The summed E-state index contributed by atoms with van der Waals surface area (Å²) < 4.78 is 5.67. The van der Waals surface area contributed by atoms with Crippen LogP contribution in [0.4, 0.5) is 0 Å². The van der Waals surface area contributed by atoms with Crippen molar-refractivity contribution in [3.05, 3.63) is 29.0 Å². The summed E-state index contributed by atoms with van der Waals surface area (Å²) in [4.78, 5) is 3.96. The average Bonchev–Trinajstić information content (AvgIpc) is 2.33. The lowest BCUT2D eigenvalue weighted by Crippen LogP contribution is -2.40. The molecule has 0 spiro atoms. The average molecular weight is 241 g/mol. The first-order valence-corrected chi connectivity index (χ1v) is 6.11. The Labute approximate surface area is 101 Å². The van der Waals surface area contributed by atoms with E-state index in [1.165, 1.54) is 6.42 Å². The van der Waals surface area contributed by atoms with Gasteiger partial charge in [0, 0.05) is 25.0 Å². The van der Waals surface area contributed by atoms with E-state index < -0.39 is 0 Å². The van der Waals surface area contributed by atoms with Gasteiger partial charge in [0.2, 0.25) is 0 Å². The zero-order valence-electron chi connectivity index (χ0n) is 9.23. The van der Waals surface area contributed by atoms with E-state index in [-0.39, 0.29) is 12.1 Å². The van der Waals surface area contributed by atoms with Crippen molar-refractivity contribution in [1.29, 1.82) is 0 Å². The van der Waals surface area contributed by atoms with Gasteiger partial charge in [-0.1, -0.05) is 11.6 Å². The highest BCUT2D eigenvalue weighted by molar-refractivity contribution is 6.31. The van der Waals surface area contributed by atoms with E-state index in [1.54, 1.807) is 12.4 Å². The number of ether oxygens (including phenoxy) is 1. The molecule has 2 unspecified atom stereocenters. The molecule has 1 saturated heterocycles. The molecule has 4 heteroatoms. The van der Waals surface area contributed by atoms with E-state index in [0.29, 0.717) is 5.02 Å². The van der Waals surface area contributed by atoms with Gasteiger partial charge in [0.15, 0.2) is 0 Å². The Morgan fingerprint density at radius 1 is 1.56 bits per heavy atom. The topological polar surface area (TPSA) is 48.1 Å². The summed E-state index contributed by atoms with van der Waals surface area (Å²) in [5.41, 5.74) is 7.20. The summed E-state index contributed by atoms with van der Waals surface area (Å²) in [6, 6.07) is 1.95. The summed E-state index contributed by atoms with van der Waals surface area (Å²) in [6.45, 7) is 0.836. The van der Waals surface area contributed by atoms with Crippen LogP contribution in [-0.2, 0) is 11.2 Å². The van der Waals surface area contributed by atoms with Gasteiger partial charge in [0.1, 0.15) is 0 Å². The molecule has 1 aliphatic heterocycles. The minimum atomic E-state index is 0.0280. The van der Waals surface area contributed by atoms with E-state index in [9.17, 15) is 0 Å². The Morgan fingerprint density at radius 3 is 3.12 bits per heavy atom. The van der Waals surface area contributed by atoms with Crippen LogP contribution < -0.4 is 5.73 Å². The van der Waals surface area contributed by atoms with Crippen LogP contribution >= 0.6 is 11.6 Å². The Bertz CT molecular complexity index is 340. The van der Waals surface area contributed by atoms with E-state index >= 15 is 0 Å². The molecule has 88 valence electrons. The first-order chi connectivity index (χ1) is 7.77. The van der Waals surface area contributed by atoms with Crippen LogP contribution in [0.2, 0.25) is 5.02 Å². The van der Waals surface area contributed by atoms with Crippen LogP contribution in [-0.4, -0.2) is 23.7 Å². The van der Waals surface area contributed by atoms with Crippen molar-refractivity contribution in [3.63, 3.8) is 0 Å². The van der Waals surface area contributed by atoms with Crippen LogP contribution in [0.3, 0.4) is 0 Å². The van der Waals surface area contributed by atoms with E-state index in [0.717, 1.165) is 31.4 Å². The van der Waals surface area contributed by atoms with Gasteiger partial charge in [0.05, 0.1) is 11.1 Å². The molecule has 1 aromatic heterocycles. The Morgan fingerprint density at radius 2 is 2.44 bits per heavy atom. The maximum Gasteiger partial charge on any atom is 0.0729 e. The normalized spacial score (nSPS) is 23.0. The van der Waals surface area contributed by atoms with Crippen molar-refractivity contribution in [2.45, 2.75) is 37.8 Å². The number of aromatic nitrogens is 1. The monoisotopic (exact) mass is 240 g/mol. The quantitative estimate of drug-likeness (QED) is 0.881. The molecule has 2 atom stereocenters. The fourth-order valence-corrected chi connectivity index (χ4v) is 2.25. The maximum absolute atomic E-state index is 6.15. The Hall–Kier alpha value is -0.640. The molecular weight excluding hydrogens is 224 g/mol. The van der Waals surface area contributed by atoms with Crippen LogP contribution in [0.15, 0.2) is 18.5 Å². The molecule has 3 nitrogen and oxygen atoms in total. The third kappa shape index (κ3) is 2.94. The second-order valence-corrected chi connectivity index (χ2v) is 4.65. The van der Waals surface area contributed by atoms with Gasteiger partial charge in [0.25, 0.3) is 0 Å².